The normalized spacial score (nSPS) is 14.1. The summed E-state index contributed by atoms with van der Waals surface area (Å²) in [6.45, 7) is 9.71. The maximum atomic E-state index is 12.1. The highest BCUT2D eigenvalue weighted by atomic mass is 19.4. The molecule has 0 heterocycles. The molecular weight excluding hydrogens is 217 g/mol. The molecule has 0 radical (unpaired) electrons. The van der Waals surface area contributed by atoms with Gasteiger partial charge in [-0.3, -0.25) is 0 Å². The molecule has 16 heavy (non-hydrogen) atoms. The first-order chi connectivity index (χ1) is 7.11. The van der Waals surface area contributed by atoms with Crippen LogP contribution in [-0.4, -0.2) is 18.1 Å². The van der Waals surface area contributed by atoms with Crippen LogP contribution in [0, 0.1) is 5.41 Å². The molecule has 0 unspecified atom stereocenters. The lowest BCUT2D eigenvalue weighted by Gasteiger charge is -2.17. The lowest BCUT2D eigenvalue weighted by atomic mass is 9.87. The molecule has 0 spiro atoms. The Morgan fingerprint density at radius 3 is 2.12 bits per heavy atom. The van der Waals surface area contributed by atoms with E-state index in [0.717, 1.165) is 12.5 Å². The number of hydrogen-bond acceptors (Lipinski definition) is 2. The van der Waals surface area contributed by atoms with Crippen LogP contribution >= 0.6 is 0 Å². The number of halogens is 3. The molecule has 0 saturated heterocycles. The summed E-state index contributed by atoms with van der Waals surface area (Å²) < 4.78 is 36.2. The van der Waals surface area contributed by atoms with Gasteiger partial charge in [0.05, 0.1) is 0 Å². The average molecular weight is 232 g/mol. The SMILES string of the molecule is C=C=C(C)C(C)(C)/C=N\N=C(/C)C(F)(F)F. The minimum atomic E-state index is -4.43. The van der Waals surface area contributed by atoms with Crippen molar-refractivity contribution in [1.29, 1.82) is 0 Å². The molecule has 0 aliphatic carbocycles. The molecule has 0 rings (SSSR count). The predicted molar refractivity (Wildman–Crippen MR) is 59.8 cm³/mol. The van der Waals surface area contributed by atoms with Crippen LogP contribution in [0.2, 0.25) is 0 Å². The maximum Gasteiger partial charge on any atom is 0.431 e. The van der Waals surface area contributed by atoms with Gasteiger partial charge in [-0.05, 0) is 19.4 Å². The minimum Gasteiger partial charge on any atom is -0.165 e. The van der Waals surface area contributed by atoms with Gasteiger partial charge in [0.1, 0.15) is 5.71 Å². The highest BCUT2D eigenvalue weighted by molar-refractivity contribution is 5.87. The van der Waals surface area contributed by atoms with Crippen molar-refractivity contribution in [3.63, 3.8) is 0 Å². The van der Waals surface area contributed by atoms with Crippen LogP contribution in [0.5, 0.6) is 0 Å². The summed E-state index contributed by atoms with van der Waals surface area (Å²) in [5, 5.41) is 6.53. The van der Waals surface area contributed by atoms with E-state index in [4.69, 9.17) is 0 Å². The number of alkyl halides is 3. The van der Waals surface area contributed by atoms with E-state index in [9.17, 15) is 13.2 Å². The third kappa shape index (κ3) is 4.45. The van der Waals surface area contributed by atoms with Gasteiger partial charge in [-0.25, -0.2) is 0 Å². The van der Waals surface area contributed by atoms with Crippen LogP contribution in [0.4, 0.5) is 13.2 Å². The molecule has 0 aromatic rings. The zero-order valence-electron chi connectivity index (χ0n) is 9.81. The van der Waals surface area contributed by atoms with Crippen molar-refractivity contribution in [3.8, 4) is 0 Å². The summed E-state index contributed by atoms with van der Waals surface area (Å²) in [7, 11) is 0. The molecule has 90 valence electrons. The molecule has 0 amide bonds. The van der Waals surface area contributed by atoms with Crippen molar-refractivity contribution >= 4 is 11.9 Å². The van der Waals surface area contributed by atoms with E-state index < -0.39 is 17.3 Å². The maximum absolute atomic E-state index is 12.1. The van der Waals surface area contributed by atoms with Crippen molar-refractivity contribution in [2.45, 2.75) is 33.9 Å². The third-order valence-corrected chi connectivity index (χ3v) is 2.23. The topological polar surface area (TPSA) is 24.7 Å². The van der Waals surface area contributed by atoms with Crippen LogP contribution in [0.1, 0.15) is 27.7 Å². The number of hydrogen-bond donors (Lipinski definition) is 0. The zero-order chi connectivity index (χ0) is 13.0. The molecular formula is C11H15F3N2. The van der Waals surface area contributed by atoms with Gasteiger partial charge in [0.2, 0.25) is 0 Å². The number of nitrogens with zero attached hydrogens (tertiary/aromatic N) is 2. The van der Waals surface area contributed by atoms with Gasteiger partial charge in [0, 0.05) is 11.6 Å². The highest BCUT2D eigenvalue weighted by Crippen LogP contribution is 2.22. The number of allylic oxidation sites excluding steroid dienone is 1. The van der Waals surface area contributed by atoms with E-state index in [1.807, 2.05) is 0 Å². The molecule has 0 atom stereocenters. The average Bonchev–Trinajstić information content (AvgIpc) is 2.14. The van der Waals surface area contributed by atoms with Gasteiger partial charge < -0.3 is 0 Å². The zero-order valence-corrected chi connectivity index (χ0v) is 9.81. The summed E-state index contributed by atoms with van der Waals surface area (Å²) in [5.74, 6) is 0. The van der Waals surface area contributed by atoms with Gasteiger partial charge in [0.15, 0.2) is 0 Å². The monoisotopic (exact) mass is 232 g/mol. The third-order valence-electron chi connectivity index (χ3n) is 2.23. The van der Waals surface area contributed by atoms with Gasteiger partial charge in [-0.1, -0.05) is 20.4 Å². The van der Waals surface area contributed by atoms with Crippen LogP contribution in [0.15, 0.2) is 28.1 Å². The second-order valence-electron chi connectivity index (χ2n) is 3.95. The second kappa shape index (κ2) is 5.12. The highest BCUT2D eigenvalue weighted by Gasteiger charge is 2.32. The molecule has 0 saturated carbocycles. The fraction of sp³-hybridized carbons (Fsp3) is 0.545. The standard InChI is InChI=1S/C11H15F3N2/c1-6-8(2)10(4,5)7-15-16-9(3)11(12,13)14/h7H,1H2,2-5H3/b15-7-,16-9+. The first kappa shape index (κ1) is 14.6. The van der Waals surface area contributed by atoms with Crippen LogP contribution in [0.3, 0.4) is 0 Å². The molecule has 5 heteroatoms. The Balaban J connectivity index is 4.83. The first-order valence-electron chi connectivity index (χ1n) is 4.64. The quantitative estimate of drug-likeness (QED) is 0.402. The molecule has 0 bridgehead atoms. The number of rotatable bonds is 3. The Kier molecular flexibility index (Phi) is 4.69. The fourth-order valence-corrected chi connectivity index (χ4v) is 0.641. The van der Waals surface area contributed by atoms with Crippen molar-refractivity contribution in [3.05, 3.63) is 17.9 Å². The molecule has 0 aromatic carbocycles. The van der Waals surface area contributed by atoms with Crippen LogP contribution in [-0.2, 0) is 0 Å². The lowest BCUT2D eigenvalue weighted by Crippen LogP contribution is -2.19. The Bertz CT molecular complexity index is 356. The van der Waals surface area contributed by atoms with E-state index >= 15 is 0 Å². The van der Waals surface area contributed by atoms with Gasteiger partial charge in [-0.15, -0.1) is 5.73 Å². The summed E-state index contributed by atoms with van der Waals surface area (Å²) in [5.41, 5.74) is 1.99. The van der Waals surface area contributed by atoms with Gasteiger partial charge in [-0.2, -0.15) is 23.4 Å². The largest absolute Gasteiger partial charge is 0.431 e. The Labute approximate surface area is 93.3 Å². The van der Waals surface area contributed by atoms with Crippen LogP contribution in [0.25, 0.3) is 0 Å². The van der Waals surface area contributed by atoms with E-state index in [0.29, 0.717) is 0 Å². The fourth-order valence-electron chi connectivity index (χ4n) is 0.641. The lowest BCUT2D eigenvalue weighted by molar-refractivity contribution is -0.0593. The molecule has 2 nitrogen and oxygen atoms in total. The van der Waals surface area contributed by atoms with Crippen molar-refractivity contribution in [1.82, 2.24) is 0 Å². The predicted octanol–water partition coefficient (Wildman–Crippen LogP) is 3.75. The van der Waals surface area contributed by atoms with Crippen molar-refractivity contribution in [2.24, 2.45) is 15.6 Å². The van der Waals surface area contributed by atoms with Crippen molar-refractivity contribution < 1.29 is 13.2 Å². The van der Waals surface area contributed by atoms with Gasteiger partial charge >= 0.3 is 6.18 Å². The molecule has 0 N–H and O–H groups in total. The molecule has 0 fully saturated rings. The summed E-state index contributed by atoms with van der Waals surface area (Å²) in [6, 6.07) is 0. The Morgan fingerprint density at radius 2 is 1.75 bits per heavy atom. The molecule has 0 aliphatic heterocycles. The summed E-state index contributed by atoms with van der Waals surface area (Å²) >= 11 is 0. The minimum absolute atomic E-state index is 0.503. The van der Waals surface area contributed by atoms with Crippen molar-refractivity contribution in [2.75, 3.05) is 0 Å². The second-order valence-corrected chi connectivity index (χ2v) is 3.95. The first-order valence-corrected chi connectivity index (χ1v) is 4.64. The Morgan fingerprint density at radius 1 is 1.25 bits per heavy atom. The Hall–Kier alpha value is -1.35. The molecule has 0 aliphatic rings. The van der Waals surface area contributed by atoms with E-state index in [2.05, 4.69) is 22.5 Å². The van der Waals surface area contributed by atoms with Crippen LogP contribution < -0.4 is 0 Å². The van der Waals surface area contributed by atoms with E-state index in [1.54, 1.807) is 20.8 Å². The van der Waals surface area contributed by atoms with E-state index in [-0.39, 0.29) is 0 Å². The molecule has 0 aromatic heterocycles. The summed E-state index contributed by atoms with van der Waals surface area (Å²) in [4.78, 5) is 0. The smallest absolute Gasteiger partial charge is 0.165 e. The summed E-state index contributed by atoms with van der Waals surface area (Å²) in [6.07, 6.45) is -3.08. The van der Waals surface area contributed by atoms with Gasteiger partial charge in [0.25, 0.3) is 0 Å². The van der Waals surface area contributed by atoms with E-state index in [1.165, 1.54) is 6.21 Å².